The minimum Gasteiger partial charge on any atom is -0.453 e. The van der Waals surface area contributed by atoms with Crippen molar-refractivity contribution < 1.29 is 38.1 Å². The third-order valence-electron chi connectivity index (χ3n) is 10.2. The minimum atomic E-state index is -0.919. The molecular formula is C44H42N8O8S2. The monoisotopic (exact) mass is 874 g/mol. The van der Waals surface area contributed by atoms with E-state index in [1.54, 1.807) is 65.5 Å². The van der Waals surface area contributed by atoms with Crippen LogP contribution in [0, 0.1) is 0 Å². The number of aryl methyl sites for hydroxylation is 1. The maximum atomic E-state index is 13.9. The topological polar surface area (TPSA) is 202 Å². The first-order chi connectivity index (χ1) is 30.3. The van der Waals surface area contributed by atoms with E-state index in [9.17, 15) is 19.2 Å². The lowest BCUT2D eigenvalue weighted by Crippen LogP contribution is -2.43. The number of nitrogens with zero attached hydrogens (tertiary/aromatic N) is 3. The van der Waals surface area contributed by atoms with Crippen LogP contribution in [0.2, 0.25) is 0 Å². The molecule has 4 aromatic carbocycles. The molecule has 4 heterocycles. The van der Waals surface area contributed by atoms with Crippen molar-refractivity contribution in [2.45, 2.75) is 24.5 Å². The maximum absolute atomic E-state index is 13.9. The van der Waals surface area contributed by atoms with Crippen molar-refractivity contribution in [1.29, 1.82) is 0 Å². The number of hydrogen-bond acceptors (Lipinski definition) is 12. The van der Waals surface area contributed by atoms with Crippen molar-refractivity contribution >= 4 is 47.5 Å². The predicted octanol–water partition coefficient (Wildman–Crippen LogP) is 7.48. The number of fused-ring (bicyclic) bond motifs is 2. The highest BCUT2D eigenvalue weighted by Gasteiger charge is 2.37. The van der Waals surface area contributed by atoms with Crippen LogP contribution in [-0.4, -0.2) is 86.3 Å². The van der Waals surface area contributed by atoms with Crippen molar-refractivity contribution in [3.63, 3.8) is 0 Å². The van der Waals surface area contributed by atoms with Crippen molar-refractivity contribution in [2.75, 3.05) is 37.5 Å². The summed E-state index contributed by atoms with van der Waals surface area (Å²) in [5.74, 6) is 5.15. The number of ether oxygens (including phenoxy) is 4. The summed E-state index contributed by atoms with van der Waals surface area (Å²) in [4.78, 5) is 68.7. The van der Waals surface area contributed by atoms with Gasteiger partial charge < -0.3 is 49.8 Å². The lowest BCUT2D eigenvalue weighted by molar-refractivity contribution is -0.134. The summed E-state index contributed by atoms with van der Waals surface area (Å²) in [6, 6.07) is 27.2. The SMILES string of the molecule is COC(=O)NC(C(=O)NCSCCc1ncc(-c2ccc3c(c2)Oc2ccc(-c4cnc(C5CSCN5C(=O)C(NC(=O)OC)c5ccccc5)[nH]4)cc2O3)[nH]1)c1ccccc1. The molecule has 5 N–H and O–H groups in total. The molecule has 62 heavy (non-hydrogen) atoms. The van der Waals surface area contributed by atoms with Gasteiger partial charge in [-0.3, -0.25) is 9.59 Å². The zero-order chi connectivity index (χ0) is 43.0. The molecule has 0 saturated carbocycles. The van der Waals surface area contributed by atoms with E-state index < -0.39 is 24.3 Å². The normalized spacial score (nSPS) is 14.9. The van der Waals surface area contributed by atoms with Crippen molar-refractivity contribution in [1.82, 2.24) is 40.8 Å². The molecule has 0 bridgehead atoms. The number of nitrogens with one attached hydrogen (secondary N) is 5. The van der Waals surface area contributed by atoms with Gasteiger partial charge in [0, 0.05) is 29.1 Å². The van der Waals surface area contributed by atoms with Crippen LogP contribution < -0.4 is 25.4 Å². The van der Waals surface area contributed by atoms with Crippen LogP contribution in [0.4, 0.5) is 9.59 Å². The fourth-order valence-corrected chi connectivity index (χ4v) is 8.85. The average molecular weight is 875 g/mol. The zero-order valence-electron chi connectivity index (χ0n) is 33.6. The summed E-state index contributed by atoms with van der Waals surface area (Å²) in [6.07, 6.45) is 2.76. The summed E-state index contributed by atoms with van der Waals surface area (Å²) < 4.78 is 22.1. The molecule has 318 valence electrons. The number of methoxy groups -OCH3 is 2. The second-order valence-corrected chi connectivity index (χ2v) is 16.2. The molecule has 18 heteroatoms. The molecule has 0 aliphatic carbocycles. The second-order valence-electron chi connectivity index (χ2n) is 14.1. The number of aromatic nitrogens is 4. The largest absolute Gasteiger partial charge is 0.453 e. The first-order valence-electron chi connectivity index (χ1n) is 19.5. The summed E-state index contributed by atoms with van der Waals surface area (Å²) >= 11 is 3.14. The van der Waals surface area contributed by atoms with Gasteiger partial charge in [-0.2, -0.15) is 0 Å². The predicted molar refractivity (Wildman–Crippen MR) is 234 cm³/mol. The number of amides is 4. The quantitative estimate of drug-likeness (QED) is 0.0534. The summed E-state index contributed by atoms with van der Waals surface area (Å²) in [6.45, 7) is 0. The lowest BCUT2D eigenvalue weighted by Gasteiger charge is -2.27. The maximum Gasteiger partial charge on any atom is 0.407 e. The number of aromatic amines is 2. The van der Waals surface area contributed by atoms with Gasteiger partial charge in [-0.15, -0.1) is 23.5 Å². The number of rotatable bonds is 14. The van der Waals surface area contributed by atoms with Crippen LogP contribution in [0.1, 0.15) is 40.9 Å². The first-order valence-corrected chi connectivity index (χ1v) is 21.8. The Bertz CT molecular complexity index is 2550. The summed E-state index contributed by atoms with van der Waals surface area (Å²) in [5.41, 5.74) is 4.55. The van der Waals surface area contributed by atoms with E-state index in [2.05, 4.69) is 35.9 Å². The standard InChI is InChI=1S/C44H42N8O8S2/c1-57-43(55)50-38(26-9-5-3-6-10-26)41(53)47-24-61-18-17-37-45-21-30(48-37)28-13-15-33-35(19-28)59-34-16-14-29(20-36(34)60-33)31-22-46-40(49-31)32-23-62-25-52(32)42(54)39(51-44(56)58-2)27-11-7-4-8-12-27/h3-16,19-22,32,38-39H,17-18,23-25H2,1-2H3,(H,45,48)(H,46,49)(H,47,53)(H,50,55)(H,51,56). The number of carbonyl (C=O) groups is 4. The highest BCUT2D eigenvalue weighted by Crippen LogP contribution is 2.47. The molecule has 0 spiro atoms. The third kappa shape index (κ3) is 9.50. The van der Waals surface area contributed by atoms with E-state index in [1.165, 1.54) is 26.0 Å². The molecule has 3 unspecified atom stereocenters. The van der Waals surface area contributed by atoms with E-state index in [0.717, 1.165) is 28.3 Å². The molecule has 2 aliphatic rings. The molecule has 3 atom stereocenters. The summed E-state index contributed by atoms with van der Waals surface area (Å²) in [7, 11) is 2.52. The van der Waals surface area contributed by atoms with Gasteiger partial charge in [-0.05, 0) is 47.5 Å². The number of thioether (sulfide) groups is 2. The average Bonchev–Trinajstić information content (AvgIpc) is 4.11. The molecular weight excluding hydrogens is 833 g/mol. The smallest absolute Gasteiger partial charge is 0.407 e. The van der Waals surface area contributed by atoms with Crippen LogP contribution in [0.15, 0.2) is 109 Å². The van der Waals surface area contributed by atoms with E-state index in [4.69, 9.17) is 18.9 Å². The Kier molecular flexibility index (Phi) is 12.9. The Hall–Kier alpha value is -6.92. The van der Waals surface area contributed by atoms with Gasteiger partial charge in [0.25, 0.3) is 5.91 Å². The van der Waals surface area contributed by atoms with Gasteiger partial charge in [0.1, 0.15) is 23.7 Å². The van der Waals surface area contributed by atoms with Crippen LogP contribution in [0.25, 0.3) is 22.5 Å². The number of H-pyrrole nitrogens is 2. The number of carbonyl (C=O) groups excluding carboxylic acids is 4. The molecule has 8 rings (SSSR count). The Labute approximate surface area is 364 Å². The van der Waals surface area contributed by atoms with E-state index in [-0.39, 0.29) is 17.9 Å². The van der Waals surface area contributed by atoms with Crippen molar-refractivity contribution in [3.8, 4) is 45.5 Å². The van der Waals surface area contributed by atoms with Crippen LogP contribution in [-0.2, 0) is 25.5 Å². The fraction of sp³-hybridized carbons (Fsp3) is 0.227. The Morgan fingerprint density at radius 3 is 1.98 bits per heavy atom. The van der Waals surface area contributed by atoms with Gasteiger partial charge in [0.15, 0.2) is 23.0 Å². The second kappa shape index (κ2) is 19.2. The lowest BCUT2D eigenvalue weighted by atomic mass is 10.1. The summed E-state index contributed by atoms with van der Waals surface area (Å²) in [5, 5.41) is 8.15. The Balaban J connectivity index is 0.863. The number of hydrogen-bond donors (Lipinski definition) is 5. The number of imidazole rings is 2. The van der Waals surface area contributed by atoms with Crippen LogP contribution in [0.3, 0.4) is 0 Å². The van der Waals surface area contributed by atoms with E-state index in [1.807, 2.05) is 60.7 Å². The highest BCUT2D eigenvalue weighted by molar-refractivity contribution is 7.99. The van der Waals surface area contributed by atoms with Crippen LogP contribution in [0.5, 0.6) is 23.0 Å². The molecule has 2 aromatic heterocycles. The Morgan fingerprint density at radius 2 is 1.35 bits per heavy atom. The number of benzene rings is 4. The molecule has 1 fully saturated rings. The fourth-order valence-electron chi connectivity index (χ4n) is 6.96. The van der Waals surface area contributed by atoms with Crippen molar-refractivity contribution in [3.05, 3.63) is 132 Å². The van der Waals surface area contributed by atoms with Crippen molar-refractivity contribution in [2.24, 2.45) is 0 Å². The van der Waals surface area contributed by atoms with E-state index in [0.29, 0.717) is 69.6 Å². The number of alkyl carbamates (subject to hydrolysis) is 2. The molecule has 0 radical (unpaired) electrons. The minimum absolute atomic E-state index is 0.260. The Morgan fingerprint density at radius 1 is 0.774 bits per heavy atom. The molecule has 6 aromatic rings. The highest BCUT2D eigenvalue weighted by atomic mass is 32.2. The molecule has 2 aliphatic heterocycles. The van der Waals surface area contributed by atoms with Crippen LogP contribution >= 0.6 is 23.5 Å². The third-order valence-corrected chi connectivity index (χ3v) is 12.0. The first kappa shape index (κ1) is 41.8. The zero-order valence-corrected chi connectivity index (χ0v) is 35.2. The van der Waals surface area contributed by atoms with Gasteiger partial charge in [0.2, 0.25) is 5.91 Å². The van der Waals surface area contributed by atoms with Gasteiger partial charge in [-0.25, -0.2) is 19.6 Å². The molecule has 16 nitrogen and oxygen atoms in total. The van der Waals surface area contributed by atoms with Gasteiger partial charge in [0.05, 0.1) is 55.8 Å². The van der Waals surface area contributed by atoms with E-state index >= 15 is 0 Å². The van der Waals surface area contributed by atoms with Gasteiger partial charge in [-0.1, -0.05) is 60.7 Å². The van der Waals surface area contributed by atoms with Gasteiger partial charge >= 0.3 is 12.2 Å². The molecule has 4 amide bonds. The molecule has 1 saturated heterocycles.